The summed E-state index contributed by atoms with van der Waals surface area (Å²) in [6, 6.07) is 0. The molecule has 0 aromatic heterocycles. The van der Waals surface area contributed by atoms with Gasteiger partial charge in [0.2, 0.25) is 0 Å². The van der Waals surface area contributed by atoms with E-state index in [1.54, 1.807) is 0 Å². The Morgan fingerprint density at radius 1 is 1.17 bits per heavy atom. The van der Waals surface area contributed by atoms with Gasteiger partial charge in [0, 0.05) is 0 Å². The molecule has 0 aliphatic rings. The normalized spacial score (nSPS) is 6.92. The second-order valence-corrected chi connectivity index (χ2v) is 1.63. The summed E-state index contributed by atoms with van der Waals surface area (Å²) in [6.45, 7) is 0. The molecule has 0 aliphatic heterocycles. The van der Waals surface area contributed by atoms with Crippen molar-refractivity contribution in [1.29, 1.82) is 0 Å². The van der Waals surface area contributed by atoms with Crippen molar-refractivity contribution in [2.45, 2.75) is 0 Å². The first-order valence-electron chi connectivity index (χ1n) is 1.30. The van der Waals surface area contributed by atoms with E-state index in [2.05, 4.69) is 0 Å². The monoisotopic (exact) mass is 300 g/mol. The summed E-state index contributed by atoms with van der Waals surface area (Å²) in [5, 5.41) is 14.8. The smallest absolute Gasteiger partial charge is 0.790 e. The van der Waals surface area contributed by atoms with Gasteiger partial charge in [-0.05, 0) is 0 Å². The fourth-order valence-electron chi connectivity index (χ4n) is 0. The molecule has 0 bridgehead atoms. The maximum absolute atomic E-state index is 8.66. The van der Waals surface area contributed by atoms with E-state index in [1.807, 2.05) is 0 Å². The summed E-state index contributed by atoms with van der Waals surface area (Å²) >= 11 is 0. The van der Waals surface area contributed by atoms with Crippen LogP contribution >= 0.6 is 7.82 Å². The average Bonchev–Trinajstić information content (AvgIpc) is 1.19. The van der Waals surface area contributed by atoms with E-state index in [4.69, 9.17) is 34.6 Å². The van der Waals surface area contributed by atoms with Crippen LogP contribution in [0.4, 0.5) is 0 Å². The Kier molecular flexibility index (Phi) is 33.4. The molecule has 81 valence electrons. The van der Waals surface area contributed by atoms with Gasteiger partial charge in [-0.25, -0.2) is 0 Å². The van der Waals surface area contributed by atoms with E-state index in [1.165, 1.54) is 0 Å². The third-order valence-electron chi connectivity index (χ3n) is 0. The van der Waals surface area contributed by atoms with Gasteiger partial charge >= 0.3 is 20.4 Å². The first kappa shape index (κ1) is 29.7. The molecular formula is H9N3O7PPd. The Bertz CT molecular complexity index is 118. The zero-order chi connectivity index (χ0) is 8.08. The van der Waals surface area contributed by atoms with Gasteiger partial charge in [0.1, 0.15) is 0 Å². The minimum absolute atomic E-state index is 0. The first-order chi connectivity index (χ1) is 3.73. The van der Waals surface area contributed by atoms with E-state index >= 15 is 0 Å². The van der Waals surface area contributed by atoms with Crippen LogP contribution in [0.1, 0.15) is 0 Å². The number of nitrogens with zero attached hydrogens (tertiary/aromatic N) is 1. The van der Waals surface area contributed by atoms with Crippen molar-refractivity contribution in [3.05, 3.63) is 15.3 Å². The molecule has 9 N–H and O–H groups in total. The summed E-state index contributed by atoms with van der Waals surface area (Å²) in [5.74, 6) is 0. The van der Waals surface area contributed by atoms with E-state index in [9.17, 15) is 0 Å². The van der Waals surface area contributed by atoms with Crippen LogP contribution in [0.25, 0.3) is 0 Å². The van der Waals surface area contributed by atoms with Gasteiger partial charge in [0.25, 0.3) is 0 Å². The Labute approximate surface area is 80.8 Å². The largest absolute Gasteiger partial charge is 1.00 e. The summed E-state index contributed by atoms with van der Waals surface area (Å²) in [5.41, 5.74) is 0. The Morgan fingerprint density at radius 2 is 1.17 bits per heavy atom. The average molecular weight is 300 g/mol. The van der Waals surface area contributed by atoms with E-state index in [0.717, 1.165) is 0 Å². The molecule has 0 aromatic rings. The maximum atomic E-state index is 8.66. The van der Waals surface area contributed by atoms with E-state index in [-0.39, 0.29) is 32.7 Å². The van der Waals surface area contributed by atoms with Crippen molar-refractivity contribution in [3.8, 4) is 0 Å². The first-order valence-corrected chi connectivity index (χ1v) is 2.79. The topological polar surface area (TPSA) is 223 Å². The molecule has 0 aliphatic carbocycles. The van der Waals surface area contributed by atoms with Gasteiger partial charge in [-0.15, -0.1) is 0 Å². The third kappa shape index (κ3) is 67500. The maximum Gasteiger partial charge on any atom is 1.00 e. The van der Waals surface area contributed by atoms with Gasteiger partial charge in [-0.3, -0.25) is 0 Å². The Balaban J connectivity index is -0.0000000221. The van der Waals surface area contributed by atoms with Gasteiger partial charge in [-0.2, -0.15) is 0 Å². The molecular weight excluding hydrogens is 291 g/mol. The molecule has 0 amide bonds. The molecule has 0 aromatic carbocycles. The van der Waals surface area contributed by atoms with Crippen molar-refractivity contribution >= 4 is 7.82 Å². The van der Waals surface area contributed by atoms with Crippen LogP contribution < -0.4 is 22.1 Å². The summed E-state index contributed by atoms with van der Waals surface area (Å²) in [4.78, 5) is 32.5. The molecule has 0 saturated heterocycles. The molecule has 0 unspecified atom stereocenters. The summed E-state index contributed by atoms with van der Waals surface area (Å²) in [7, 11) is -5.14. The molecule has 10 nitrogen and oxygen atoms in total. The fraction of sp³-hybridized carbons (Fsp3) is 0. The van der Waals surface area contributed by atoms with Gasteiger partial charge in [-0.1, -0.05) is 0 Å². The van der Waals surface area contributed by atoms with Crippen LogP contribution in [0.15, 0.2) is 0 Å². The van der Waals surface area contributed by atoms with Crippen LogP contribution in [0, 0.1) is 15.3 Å². The van der Waals surface area contributed by atoms with Crippen LogP contribution in [0.2, 0.25) is 0 Å². The van der Waals surface area contributed by atoms with E-state index in [0.29, 0.717) is 0 Å². The van der Waals surface area contributed by atoms with Gasteiger partial charge in [0.05, 0.1) is 12.9 Å². The molecule has 0 atom stereocenters. The molecule has 0 spiro atoms. The van der Waals surface area contributed by atoms with Crippen LogP contribution in [0.3, 0.4) is 0 Å². The zero-order valence-corrected chi connectivity index (χ0v) is 8.56. The standard InChI is InChI=1S/NO3.2H3N.H3O4P.Pd/c2-1(3)4;;;1-5(2,3)4;/h;2*1H3;(H3,1,2,3,4);/q-1;;;;+1. The summed E-state index contributed by atoms with van der Waals surface area (Å²) < 4.78 is 8.66. The number of hydrogen-bond donors (Lipinski definition) is 3. The molecule has 0 saturated carbocycles. The van der Waals surface area contributed by atoms with Gasteiger partial charge in [0.15, 0.2) is 0 Å². The molecule has 0 rings (SSSR count). The SMILES string of the molecule is O=P([O-])([O-])O.O=[N+]([O-])[O-].[NH4+].[NH4+].[Pd+]. The fourth-order valence-corrected chi connectivity index (χ4v) is 0. The quantitative estimate of drug-likeness (QED) is 0.203. The van der Waals surface area contributed by atoms with Crippen molar-refractivity contribution < 1.29 is 44.8 Å². The van der Waals surface area contributed by atoms with Crippen LogP contribution in [-0.4, -0.2) is 9.98 Å². The predicted molar refractivity (Wildman–Crippen MR) is 32.2 cm³/mol. The third-order valence-corrected chi connectivity index (χ3v) is 0. The number of hydrogen-bond acceptors (Lipinski definition) is 6. The van der Waals surface area contributed by atoms with Crippen LogP contribution in [-0.2, 0) is 25.0 Å². The molecule has 12 heteroatoms. The van der Waals surface area contributed by atoms with Crippen molar-refractivity contribution in [3.63, 3.8) is 0 Å². The number of quaternary nitrogens is 2. The molecule has 0 fully saturated rings. The second kappa shape index (κ2) is 13.5. The molecule has 1 radical (unpaired) electrons. The summed E-state index contributed by atoms with van der Waals surface area (Å²) in [6.07, 6.45) is 0. The predicted octanol–water partition coefficient (Wildman–Crippen LogP) is -1.68. The van der Waals surface area contributed by atoms with E-state index < -0.39 is 12.9 Å². The second-order valence-electron chi connectivity index (χ2n) is 0.692. The minimum atomic E-state index is -5.14. The molecule has 0 heterocycles. The van der Waals surface area contributed by atoms with Crippen molar-refractivity contribution in [2.75, 3.05) is 0 Å². The van der Waals surface area contributed by atoms with Crippen molar-refractivity contribution in [1.82, 2.24) is 12.3 Å². The number of phosphoric acid groups is 1. The van der Waals surface area contributed by atoms with Crippen LogP contribution in [0.5, 0.6) is 0 Å². The van der Waals surface area contributed by atoms with Gasteiger partial charge < -0.3 is 46.9 Å². The Morgan fingerprint density at radius 3 is 1.17 bits per heavy atom. The number of rotatable bonds is 0. The molecule has 12 heavy (non-hydrogen) atoms. The Hall–Kier alpha value is -0.108. The minimum Gasteiger partial charge on any atom is -0.790 e. The zero-order valence-electron chi connectivity index (χ0n) is 6.11. The van der Waals surface area contributed by atoms with Crippen molar-refractivity contribution in [2.24, 2.45) is 0 Å².